The zero-order chi connectivity index (χ0) is 24.3. The zero-order valence-corrected chi connectivity index (χ0v) is 21.4. The van der Waals surface area contributed by atoms with Crippen LogP contribution in [0.4, 0.5) is 5.13 Å². The quantitative estimate of drug-likeness (QED) is 0.273. The topological polar surface area (TPSA) is 80.2 Å². The molecule has 34 heavy (non-hydrogen) atoms. The molecule has 10 heteroatoms. The molecule has 0 N–H and O–H groups in total. The van der Waals surface area contributed by atoms with Crippen LogP contribution in [0.1, 0.15) is 24.0 Å². The van der Waals surface area contributed by atoms with Gasteiger partial charge in [-0.2, -0.15) is 0 Å². The minimum atomic E-state index is -3.52. The first-order valence-electron chi connectivity index (χ1n) is 10.5. The summed E-state index contributed by atoms with van der Waals surface area (Å²) < 4.78 is 26.2. The smallest absolute Gasteiger partial charge is 0.229 e. The SMILES string of the molecule is Cc1c(Cl)ccc2sc(N(Cc3cccnc3)C(=O)CCCS(=O)(=O)c3ccc(Cl)cc3)nc12. The Bertz CT molecular complexity index is 1420. The number of hydrogen-bond acceptors (Lipinski definition) is 6. The van der Waals surface area contributed by atoms with Crippen LogP contribution in [0, 0.1) is 6.92 Å². The summed E-state index contributed by atoms with van der Waals surface area (Å²) in [7, 11) is -3.52. The van der Waals surface area contributed by atoms with Crippen LogP contribution in [0.3, 0.4) is 0 Å². The van der Waals surface area contributed by atoms with Gasteiger partial charge in [0.1, 0.15) is 0 Å². The molecule has 0 saturated heterocycles. The lowest BCUT2D eigenvalue weighted by Gasteiger charge is -2.20. The highest BCUT2D eigenvalue weighted by Crippen LogP contribution is 2.34. The van der Waals surface area contributed by atoms with Crippen molar-refractivity contribution >= 4 is 65.6 Å². The number of pyridine rings is 1. The van der Waals surface area contributed by atoms with Gasteiger partial charge in [-0.25, -0.2) is 13.4 Å². The average molecular weight is 534 g/mol. The third-order valence-corrected chi connectivity index (χ3v) is 8.83. The number of halogens is 2. The fourth-order valence-electron chi connectivity index (χ4n) is 3.45. The predicted molar refractivity (Wildman–Crippen MR) is 138 cm³/mol. The Labute approximate surface area is 212 Å². The molecule has 0 aliphatic heterocycles. The van der Waals surface area contributed by atoms with Gasteiger partial charge < -0.3 is 0 Å². The van der Waals surface area contributed by atoms with Crippen molar-refractivity contribution in [2.24, 2.45) is 0 Å². The first-order chi connectivity index (χ1) is 16.2. The fourth-order valence-corrected chi connectivity index (χ4v) is 6.08. The number of amides is 1. The van der Waals surface area contributed by atoms with E-state index in [2.05, 4.69) is 4.98 Å². The minimum absolute atomic E-state index is 0.0583. The Morgan fingerprint density at radius 1 is 1.09 bits per heavy atom. The first-order valence-corrected chi connectivity index (χ1v) is 13.7. The van der Waals surface area contributed by atoms with Crippen LogP contribution in [0.2, 0.25) is 10.0 Å². The summed E-state index contributed by atoms with van der Waals surface area (Å²) in [6.45, 7) is 2.17. The molecule has 6 nitrogen and oxygen atoms in total. The molecule has 0 fully saturated rings. The third kappa shape index (κ3) is 5.58. The average Bonchev–Trinajstić information content (AvgIpc) is 3.25. The van der Waals surface area contributed by atoms with Crippen LogP contribution < -0.4 is 4.90 Å². The molecule has 4 aromatic rings. The maximum Gasteiger partial charge on any atom is 0.229 e. The van der Waals surface area contributed by atoms with Crippen LogP contribution in [-0.2, 0) is 21.2 Å². The summed E-state index contributed by atoms with van der Waals surface area (Å²) in [5.74, 6) is -0.353. The predicted octanol–water partition coefficient (Wildman–Crippen LogP) is 6.09. The maximum absolute atomic E-state index is 13.3. The van der Waals surface area contributed by atoms with Gasteiger partial charge in [-0.1, -0.05) is 40.6 Å². The highest BCUT2D eigenvalue weighted by Gasteiger charge is 2.22. The van der Waals surface area contributed by atoms with Crippen molar-refractivity contribution in [1.29, 1.82) is 0 Å². The van der Waals surface area contributed by atoms with E-state index in [0.29, 0.717) is 15.2 Å². The molecule has 2 heterocycles. The lowest BCUT2D eigenvalue weighted by molar-refractivity contribution is -0.118. The van der Waals surface area contributed by atoms with Gasteiger partial charge in [0.2, 0.25) is 5.91 Å². The molecular formula is C24H21Cl2N3O3S2. The van der Waals surface area contributed by atoms with Gasteiger partial charge in [0, 0.05) is 28.9 Å². The molecule has 2 aromatic heterocycles. The molecule has 1 amide bonds. The Morgan fingerprint density at radius 2 is 1.85 bits per heavy atom. The van der Waals surface area contributed by atoms with Crippen LogP contribution in [-0.4, -0.2) is 30.0 Å². The van der Waals surface area contributed by atoms with E-state index in [0.717, 1.165) is 21.3 Å². The minimum Gasteiger partial charge on any atom is -0.284 e. The van der Waals surface area contributed by atoms with Crippen molar-refractivity contribution in [3.05, 3.63) is 82.1 Å². The molecule has 0 atom stereocenters. The van der Waals surface area contributed by atoms with Gasteiger partial charge in [0.05, 0.1) is 27.4 Å². The summed E-state index contributed by atoms with van der Waals surface area (Å²) in [6.07, 6.45) is 3.60. The van der Waals surface area contributed by atoms with Crippen molar-refractivity contribution in [3.63, 3.8) is 0 Å². The lowest BCUT2D eigenvalue weighted by Crippen LogP contribution is -2.30. The summed E-state index contributed by atoms with van der Waals surface area (Å²) >= 11 is 13.5. The van der Waals surface area contributed by atoms with Gasteiger partial charge in [-0.05, 0) is 66.9 Å². The van der Waals surface area contributed by atoms with Crippen molar-refractivity contribution in [3.8, 4) is 0 Å². The number of benzene rings is 2. The van der Waals surface area contributed by atoms with Crippen molar-refractivity contribution < 1.29 is 13.2 Å². The third-order valence-electron chi connectivity index (χ3n) is 5.31. The van der Waals surface area contributed by atoms with Crippen molar-refractivity contribution in [2.75, 3.05) is 10.7 Å². The molecule has 0 spiro atoms. The number of anilines is 1. The van der Waals surface area contributed by atoms with E-state index in [9.17, 15) is 13.2 Å². The second-order valence-corrected chi connectivity index (χ2v) is 11.7. The highest BCUT2D eigenvalue weighted by molar-refractivity contribution is 7.91. The van der Waals surface area contributed by atoms with Gasteiger partial charge in [0.15, 0.2) is 15.0 Å². The summed E-state index contributed by atoms with van der Waals surface area (Å²) in [5, 5.41) is 1.62. The van der Waals surface area contributed by atoms with E-state index in [4.69, 9.17) is 28.2 Å². The van der Waals surface area contributed by atoms with E-state index in [-0.39, 0.29) is 35.9 Å². The molecular weight excluding hydrogens is 513 g/mol. The maximum atomic E-state index is 13.3. The normalized spacial score (nSPS) is 11.6. The number of hydrogen-bond donors (Lipinski definition) is 0. The summed E-state index contributed by atoms with van der Waals surface area (Å²) in [5.41, 5.74) is 2.45. The van der Waals surface area contributed by atoms with E-state index < -0.39 is 9.84 Å². The largest absolute Gasteiger partial charge is 0.284 e. The molecule has 0 saturated carbocycles. The van der Waals surface area contributed by atoms with Gasteiger partial charge >= 0.3 is 0 Å². The van der Waals surface area contributed by atoms with Crippen molar-refractivity contribution in [1.82, 2.24) is 9.97 Å². The van der Waals surface area contributed by atoms with Gasteiger partial charge in [-0.15, -0.1) is 0 Å². The highest BCUT2D eigenvalue weighted by atomic mass is 35.5. The van der Waals surface area contributed by atoms with E-state index in [1.807, 2.05) is 25.1 Å². The number of carbonyl (C=O) groups is 1. The summed E-state index contributed by atoms with van der Waals surface area (Å²) in [4.78, 5) is 23.9. The Balaban J connectivity index is 1.55. The molecule has 0 radical (unpaired) electrons. The van der Waals surface area contributed by atoms with Crippen LogP contribution in [0.5, 0.6) is 0 Å². The van der Waals surface area contributed by atoms with Gasteiger partial charge in [0.25, 0.3) is 0 Å². The standard InChI is InChI=1S/C24H21Cl2N3O3S2/c1-16-20(26)10-11-21-23(16)28-24(33-21)29(15-17-4-2-12-27-14-17)22(30)5-3-13-34(31,32)19-8-6-18(25)7-9-19/h2,4,6-12,14H,3,5,13,15H2,1H3. The zero-order valence-electron chi connectivity index (χ0n) is 18.2. The van der Waals surface area contributed by atoms with Crippen LogP contribution in [0.25, 0.3) is 10.2 Å². The number of nitrogens with zero attached hydrogens (tertiary/aromatic N) is 3. The first kappa shape index (κ1) is 24.6. The number of sulfone groups is 1. The molecule has 0 aliphatic rings. The lowest BCUT2D eigenvalue weighted by atomic mass is 10.2. The molecule has 4 rings (SSSR count). The number of rotatable bonds is 8. The van der Waals surface area contributed by atoms with E-state index in [1.54, 1.807) is 23.4 Å². The fraction of sp³-hybridized carbons (Fsp3) is 0.208. The van der Waals surface area contributed by atoms with E-state index in [1.165, 1.54) is 35.6 Å². The number of aryl methyl sites for hydroxylation is 1. The van der Waals surface area contributed by atoms with Crippen LogP contribution in [0.15, 0.2) is 65.8 Å². The number of thiazole rings is 1. The molecule has 0 unspecified atom stereocenters. The monoisotopic (exact) mass is 533 g/mol. The number of fused-ring (bicyclic) bond motifs is 1. The number of aromatic nitrogens is 2. The second kappa shape index (κ2) is 10.4. The molecule has 0 aliphatic carbocycles. The second-order valence-electron chi connectivity index (χ2n) is 7.73. The number of carbonyl (C=O) groups excluding carboxylic acids is 1. The Hall–Kier alpha value is -2.52. The molecule has 2 aromatic carbocycles. The Kier molecular flexibility index (Phi) is 7.52. The molecule has 0 bridgehead atoms. The van der Waals surface area contributed by atoms with Crippen molar-refractivity contribution in [2.45, 2.75) is 31.2 Å². The Morgan fingerprint density at radius 3 is 2.56 bits per heavy atom. The molecule has 176 valence electrons. The summed E-state index contributed by atoms with van der Waals surface area (Å²) in [6, 6.07) is 13.4. The van der Waals surface area contributed by atoms with Crippen LogP contribution >= 0.6 is 34.5 Å². The van der Waals surface area contributed by atoms with E-state index >= 15 is 0 Å². The van der Waals surface area contributed by atoms with Gasteiger partial charge in [-0.3, -0.25) is 14.7 Å².